The molecule has 13 aromatic rings. The highest BCUT2D eigenvalue weighted by atomic mass is 16.3. The van der Waals surface area contributed by atoms with Gasteiger partial charge in [-0.2, -0.15) is 0 Å². The van der Waals surface area contributed by atoms with E-state index >= 15 is 0 Å². The van der Waals surface area contributed by atoms with Gasteiger partial charge in [0, 0.05) is 83.0 Å². The minimum absolute atomic E-state index is 0.254. The van der Waals surface area contributed by atoms with Crippen LogP contribution in [0.15, 0.2) is 233 Å². The van der Waals surface area contributed by atoms with Crippen LogP contribution in [-0.4, -0.2) is 0 Å². The van der Waals surface area contributed by atoms with Crippen molar-refractivity contribution in [2.75, 3.05) is 9.80 Å². The molecule has 384 valence electrons. The smallest absolute Gasteiger partial charge is 0.144 e. The van der Waals surface area contributed by atoms with E-state index in [0.717, 1.165) is 72.8 Å². The number of furan rings is 2. The summed E-state index contributed by atoms with van der Waals surface area (Å²) < 4.78 is 13.9. The third kappa shape index (κ3) is 6.39. The summed E-state index contributed by atoms with van der Waals surface area (Å²) in [4.78, 5) is 4.83. The van der Waals surface area contributed by atoms with E-state index in [2.05, 4.69) is 283 Å². The molecule has 0 spiro atoms. The quantitative estimate of drug-likeness (QED) is 0.159. The van der Waals surface area contributed by atoms with E-state index in [1.54, 1.807) is 0 Å². The number of para-hydroxylation sites is 4. The molecule has 0 saturated carbocycles. The Bertz CT molecular complexity index is 4710. The van der Waals surface area contributed by atoms with Crippen LogP contribution in [0.5, 0.6) is 0 Å². The summed E-state index contributed by atoms with van der Waals surface area (Å²) in [6.07, 6.45) is 0. The number of aryl methyl sites for hydroxylation is 1. The van der Waals surface area contributed by atoms with Gasteiger partial charge in [0.2, 0.25) is 0 Å². The Kier molecular flexibility index (Phi) is 9.68. The standard InChI is InChI=1S/C76H58N2O2/c1-45-21-20-22-46(41-45)58-44-62-65(67-56-28-15-18-31-63(56)79-72(58)67)54-39-37-51(42-60(54)74(62,2)3)78(50-35-33-49(34-36-50)77(47-23-10-8-11-24-47)48-25-12-9-13-26-48)52-38-40-55-61(43-52)76(6,7)70-66(55)68-57-29-16-19-32-64(57)80-73(68)69-53-27-14-17-30-59(53)75(4,5)71(69)70/h8-44H,1-7H3. The lowest BCUT2D eigenvalue weighted by molar-refractivity contribution is 0.600. The van der Waals surface area contributed by atoms with Crippen molar-refractivity contribution >= 4 is 78.0 Å². The van der Waals surface area contributed by atoms with Crippen molar-refractivity contribution in [3.63, 3.8) is 0 Å². The Morgan fingerprint density at radius 1 is 0.312 bits per heavy atom. The lowest BCUT2D eigenvalue weighted by Gasteiger charge is -2.32. The van der Waals surface area contributed by atoms with Crippen LogP contribution >= 0.6 is 0 Å². The first-order valence-electron chi connectivity index (χ1n) is 28.2. The molecular formula is C76H58N2O2. The Balaban J connectivity index is 0.915. The van der Waals surface area contributed by atoms with Crippen molar-refractivity contribution in [2.24, 2.45) is 0 Å². The first-order chi connectivity index (χ1) is 38.9. The predicted molar refractivity (Wildman–Crippen MR) is 333 cm³/mol. The van der Waals surface area contributed by atoms with Gasteiger partial charge in [-0.05, 0) is 165 Å². The number of hydrogen-bond donors (Lipinski definition) is 0. The Labute approximate surface area is 466 Å². The molecule has 0 radical (unpaired) electrons. The van der Waals surface area contributed by atoms with E-state index < -0.39 is 0 Å². The summed E-state index contributed by atoms with van der Waals surface area (Å²) >= 11 is 0. The summed E-state index contributed by atoms with van der Waals surface area (Å²) in [5.41, 5.74) is 28.5. The Hall–Kier alpha value is -9.38. The van der Waals surface area contributed by atoms with E-state index in [0.29, 0.717) is 0 Å². The van der Waals surface area contributed by atoms with Crippen molar-refractivity contribution in [1.29, 1.82) is 0 Å². The third-order valence-corrected chi connectivity index (χ3v) is 18.4. The Morgan fingerprint density at radius 3 is 1.40 bits per heavy atom. The topological polar surface area (TPSA) is 32.8 Å². The molecule has 2 aromatic heterocycles. The second kappa shape index (κ2) is 16.6. The van der Waals surface area contributed by atoms with Crippen LogP contribution in [0.25, 0.3) is 88.4 Å². The summed E-state index contributed by atoms with van der Waals surface area (Å²) in [6.45, 7) is 16.7. The van der Waals surface area contributed by atoms with Crippen LogP contribution in [0.2, 0.25) is 0 Å². The van der Waals surface area contributed by atoms with Crippen molar-refractivity contribution in [3.8, 4) is 44.5 Å². The highest BCUT2D eigenvalue weighted by Gasteiger charge is 2.49. The van der Waals surface area contributed by atoms with E-state index in [-0.39, 0.29) is 16.2 Å². The minimum atomic E-state index is -0.368. The van der Waals surface area contributed by atoms with Gasteiger partial charge in [0.05, 0.1) is 0 Å². The molecule has 80 heavy (non-hydrogen) atoms. The van der Waals surface area contributed by atoms with E-state index in [4.69, 9.17) is 8.83 Å². The van der Waals surface area contributed by atoms with Gasteiger partial charge in [0.15, 0.2) is 0 Å². The molecule has 4 heteroatoms. The van der Waals surface area contributed by atoms with Crippen LogP contribution in [0.1, 0.15) is 80.5 Å². The molecule has 0 aliphatic heterocycles. The van der Waals surface area contributed by atoms with Crippen molar-refractivity contribution in [1.82, 2.24) is 0 Å². The summed E-state index contributed by atoms with van der Waals surface area (Å²) in [7, 11) is 0. The number of benzene rings is 11. The molecule has 2 heterocycles. The van der Waals surface area contributed by atoms with Gasteiger partial charge < -0.3 is 18.6 Å². The summed E-state index contributed by atoms with van der Waals surface area (Å²) in [5.74, 6) is 0. The lowest BCUT2D eigenvalue weighted by Crippen LogP contribution is -2.24. The second-order valence-electron chi connectivity index (χ2n) is 24.1. The zero-order chi connectivity index (χ0) is 54.0. The molecule has 4 nitrogen and oxygen atoms in total. The maximum atomic E-state index is 7.05. The largest absolute Gasteiger partial charge is 0.455 e. The minimum Gasteiger partial charge on any atom is -0.455 e. The molecule has 16 rings (SSSR count). The molecule has 11 aromatic carbocycles. The molecule has 3 aliphatic rings. The van der Waals surface area contributed by atoms with E-state index in [1.165, 1.54) is 88.7 Å². The van der Waals surface area contributed by atoms with Crippen LogP contribution in [0.4, 0.5) is 34.1 Å². The zero-order valence-corrected chi connectivity index (χ0v) is 46.1. The average molecular weight is 1030 g/mol. The second-order valence-corrected chi connectivity index (χ2v) is 24.1. The van der Waals surface area contributed by atoms with Gasteiger partial charge in [-0.25, -0.2) is 0 Å². The van der Waals surface area contributed by atoms with Gasteiger partial charge in [0.1, 0.15) is 22.3 Å². The highest BCUT2D eigenvalue weighted by molar-refractivity contribution is 6.21. The molecule has 0 bridgehead atoms. The first-order valence-corrected chi connectivity index (χ1v) is 28.2. The Morgan fingerprint density at radius 2 is 0.775 bits per heavy atom. The molecule has 0 N–H and O–H groups in total. The fourth-order valence-corrected chi connectivity index (χ4v) is 14.7. The molecule has 0 saturated heterocycles. The molecule has 0 unspecified atom stereocenters. The monoisotopic (exact) mass is 1030 g/mol. The van der Waals surface area contributed by atoms with Crippen molar-refractivity contribution in [3.05, 3.63) is 263 Å². The molecule has 0 atom stereocenters. The van der Waals surface area contributed by atoms with Crippen LogP contribution in [0.3, 0.4) is 0 Å². The maximum Gasteiger partial charge on any atom is 0.144 e. The summed E-state index contributed by atoms with van der Waals surface area (Å²) in [5, 5.41) is 4.69. The number of nitrogens with zero attached hydrogens (tertiary/aromatic N) is 2. The number of fused-ring (bicyclic) bond motifs is 19. The van der Waals surface area contributed by atoms with Gasteiger partial charge >= 0.3 is 0 Å². The van der Waals surface area contributed by atoms with Crippen LogP contribution in [-0.2, 0) is 16.2 Å². The molecule has 3 aliphatic carbocycles. The van der Waals surface area contributed by atoms with Crippen LogP contribution < -0.4 is 9.80 Å². The van der Waals surface area contributed by atoms with Crippen molar-refractivity contribution < 1.29 is 8.83 Å². The number of anilines is 6. The fourth-order valence-electron chi connectivity index (χ4n) is 14.7. The van der Waals surface area contributed by atoms with E-state index in [1.807, 2.05) is 0 Å². The molecule has 0 fully saturated rings. The highest BCUT2D eigenvalue weighted by Crippen LogP contribution is 2.64. The molecule has 0 amide bonds. The SMILES string of the molecule is Cc1cccc(-c2cc3c(c4c2oc2ccccc24)-c2ccc(N(c4ccc(N(c5ccccc5)c5ccccc5)cc4)c4ccc5c(c4)C(C)(C)c4c6c(c7oc8ccccc8c7c4-5)-c4ccccc4C6(C)C)cc2C3(C)C)c1. The van der Waals surface area contributed by atoms with Crippen molar-refractivity contribution in [2.45, 2.75) is 64.7 Å². The summed E-state index contributed by atoms with van der Waals surface area (Å²) in [6, 6.07) is 82.4. The first kappa shape index (κ1) is 46.7. The predicted octanol–water partition coefficient (Wildman–Crippen LogP) is 21.3. The lowest BCUT2D eigenvalue weighted by atomic mass is 9.72. The number of hydrogen-bond acceptors (Lipinski definition) is 4. The van der Waals surface area contributed by atoms with Gasteiger partial charge in [-0.1, -0.05) is 181 Å². The zero-order valence-electron chi connectivity index (χ0n) is 46.1. The van der Waals surface area contributed by atoms with Gasteiger partial charge in [0.25, 0.3) is 0 Å². The average Bonchev–Trinajstić information content (AvgIpc) is 3.39. The molecular weight excluding hydrogens is 973 g/mol. The third-order valence-electron chi connectivity index (χ3n) is 18.4. The maximum absolute atomic E-state index is 7.05. The van der Waals surface area contributed by atoms with E-state index in [9.17, 15) is 0 Å². The normalized spacial score (nSPS) is 14.7. The van der Waals surface area contributed by atoms with Crippen LogP contribution in [0, 0.1) is 6.92 Å². The number of rotatable bonds is 7. The van der Waals surface area contributed by atoms with Gasteiger partial charge in [-0.3, -0.25) is 0 Å². The fraction of sp³-hybridized carbons (Fsp3) is 0.132. The van der Waals surface area contributed by atoms with Gasteiger partial charge in [-0.15, -0.1) is 0 Å².